The van der Waals surface area contributed by atoms with E-state index in [1.54, 1.807) is 18.7 Å². The van der Waals surface area contributed by atoms with Gasteiger partial charge in [0.2, 0.25) is 0 Å². The average Bonchev–Trinajstić information content (AvgIpc) is 2.95. The van der Waals surface area contributed by atoms with Gasteiger partial charge in [-0.05, 0) is 6.92 Å². The fourth-order valence-corrected chi connectivity index (χ4v) is 4.25. The summed E-state index contributed by atoms with van der Waals surface area (Å²) < 4.78 is 6.43. The highest BCUT2D eigenvalue weighted by atomic mass is 32.2. The molecule has 0 saturated carbocycles. The second-order valence-electron chi connectivity index (χ2n) is 6.17. The summed E-state index contributed by atoms with van der Waals surface area (Å²) in [6.45, 7) is 2.77. The Balaban J connectivity index is 1.77. The Hall–Kier alpha value is -2.82. The van der Waals surface area contributed by atoms with Gasteiger partial charge in [0.25, 0.3) is 11.8 Å². The molecule has 0 spiro atoms. The number of carbonyl (C=O) groups is 4. The van der Waals surface area contributed by atoms with E-state index in [1.165, 1.54) is 24.9 Å². The van der Waals surface area contributed by atoms with E-state index in [9.17, 15) is 24.3 Å². The largest absolute Gasteiger partial charge is 0.477 e. The molecule has 3 heterocycles. The van der Waals surface area contributed by atoms with Gasteiger partial charge in [0.05, 0.1) is 11.8 Å². The molecule has 144 valence electrons. The molecular weight excluding hydrogens is 376 g/mol. The van der Waals surface area contributed by atoms with Crippen LogP contribution < -0.4 is 5.32 Å². The summed E-state index contributed by atoms with van der Waals surface area (Å²) in [5.74, 6) is -2.48. The smallest absolute Gasteiger partial charge is 0.352 e. The number of amides is 2. The van der Waals surface area contributed by atoms with E-state index >= 15 is 0 Å². The maximum Gasteiger partial charge on any atom is 0.352 e. The highest BCUT2D eigenvalue weighted by molar-refractivity contribution is 8.00. The van der Waals surface area contributed by atoms with Crippen LogP contribution in [0.4, 0.5) is 0 Å². The van der Waals surface area contributed by atoms with E-state index in [4.69, 9.17) is 4.74 Å². The van der Waals surface area contributed by atoms with Crippen LogP contribution >= 0.6 is 11.8 Å². The molecule has 2 atom stereocenters. The van der Waals surface area contributed by atoms with Crippen molar-refractivity contribution < 1.29 is 29.0 Å². The summed E-state index contributed by atoms with van der Waals surface area (Å²) in [6, 6.07) is -0.827. The zero-order chi connectivity index (χ0) is 19.9. The molecule has 2 amide bonds. The molecule has 2 aliphatic rings. The molecule has 0 radical (unpaired) electrons. The third-order valence-corrected chi connectivity index (χ3v) is 5.81. The SMILES string of the molecule is CC(=O)OCC1=C(C(=O)O)N2C(=O)[C@H](NC(=O)c3cnn(C)c3C)[C@H]2SC1. The predicted molar refractivity (Wildman–Crippen MR) is 93.6 cm³/mol. The number of ether oxygens (including phenoxy) is 1. The van der Waals surface area contributed by atoms with E-state index < -0.39 is 35.2 Å². The van der Waals surface area contributed by atoms with Crippen LogP contribution in [0.2, 0.25) is 0 Å². The molecule has 2 N–H and O–H groups in total. The first-order chi connectivity index (χ1) is 12.7. The first kappa shape index (κ1) is 19.0. The van der Waals surface area contributed by atoms with Crippen LogP contribution in [0.15, 0.2) is 17.5 Å². The summed E-state index contributed by atoms with van der Waals surface area (Å²) in [5, 5.41) is 15.6. The number of carboxylic acid groups (broad SMARTS) is 1. The quantitative estimate of drug-likeness (QED) is 0.512. The molecule has 1 fully saturated rings. The number of esters is 1. The van der Waals surface area contributed by atoms with Crippen LogP contribution in [0.5, 0.6) is 0 Å². The molecule has 1 aromatic rings. The van der Waals surface area contributed by atoms with E-state index in [1.807, 2.05) is 0 Å². The Labute approximate surface area is 158 Å². The second-order valence-corrected chi connectivity index (χ2v) is 7.27. The van der Waals surface area contributed by atoms with Crippen molar-refractivity contribution in [2.45, 2.75) is 25.3 Å². The zero-order valence-corrected chi connectivity index (χ0v) is 15.7. The summed E-state index contributed by atoms with van der Waals surface area (Å²) in [4.78, 5) is 48.7. The van der Waals surface area contributed by atoms with Crippen molar-refractivity contribution in [3.05, 3.63) is 28.7 Å². The number of carboxylic acids is 1. The predicted octanol–water partition coefficient (Wildman–Crippen LogP) is -0.356. The lowest BCUT2D eigenvalue weighted by Crippen LogP contribution is -2.70. The number of carbonyl (C=O) groups excluding carboxylic acids is 3. The van der Waals surface area contributed by atoms with Crippen LogP contribution in [0, 0.1) is 6.92 Å². The van der Waals surface area contributed by atoms with Crippen molar-refractivity contribution in [2.24, 2.45) is 7.05 Å². The number of β-lactam (4-membered cyclic amide) rings is 1. The molecule has 0 unspecified atom stereocenters. The third kappa shape index (κ3) is 3.29. The molecule has 0 aliphatic carbocycles. The highest BCUT2D eigenvalue weighted by Crippen LogP contribution is 2.40. The van der Waals surface area contributed by atoms with Gasteiger partial charge >= 0.3 is 11.9 Å². The number of thioether (sulfide) groups is 1. The Bertz CT molecular complexity index is 876. The first-order valence-corrected chi connectivity index (χ1v) is 9.10. The van der Waals surface area contributed by atoms with Crippen molar-refractivity contribution in [3.63, 3.8) is 0 Å². The molecule has 1 saturated heterocycles. The normalized spacial score (nSPS) is 21.4. The molecule has 1 aromatic heterocycles. The molecule has 11 heteroatoms. The van der Waals surface area contributed by atoms with E-state index in [0.717, 1.165) is 4.90 Å². The van der Waals surface area contributed by atoms with Gasteiger partial charge in [-0.15, -0.1) is 11.8 Å². The van der Waals surface area contributed by atoms with Gasteiger partial charge in [-0.2, -0.15) is 5.10 Å². The fourth-order valence-electron chi connectivity index (χ4n) is 2.92. The standard InChI is InChI=1S/C16H18N4O6S/c1-7-10(4-17-19(7)3)13(22)18-11-14(23)20-12(16(24)25)9(5-26-8(2)21)6-27-15(11)20/h4,11,15H,5-6H2,1-3H3,(H,18,22)(H,24,25)/t11-,15+/m0/s1. The fraction of sp³-hybridized carbons (Fsp3) is 0.438. The number of nitrogens with zero attached hydrogens (tertiary/aromatic N) is 3. The van der Waals surface area contributed by atoms with Gasteiger partial charge in [0.1, 0.15) is 23.7 Å². The van der Waals surface area contributed by atoms with Gasteiger partial charge in [0.15, 0.2) is 0 Å². The van der Waals surface area contributed by atoms with Gasteiger partial charge in [0, 0.05) is 31.0 Å². The van der Waals surface area contributed by atoms with E-state index in [0.29, 0.717) is 16.8 Å². The van der Waals surface area contributed by atoms with Crippen molar-refractivity contribution in [1.29, 1.82) is 0 Å². The van der Waals surface area contributed by atoms with Crippen LogP contribution in [0.25, 0.3) is 0 Å². The van der Waals surface area contributed by atoms with Crippen LogP contribution in [0.3, 0.4) is 0 Å². The maximum absolute atomic E-state index is 12.5. The third-order valence-electron chi connectivity index (χ3n) is 4.47. The minimum atomic E-state index is -1.27. The summed E-state index contributed by atoms with van der Waals surface area (Å²) in [7, 11) is 1.70. The summed E-state index contributed by atoms with van der Waals surface area (Å²) >= 11 is 1.31. The highest BCUT2D eigenvalue weighted by Gasteiger charge is 2.54. The summed E-state index contributed by atoms with van der Waals surface area (Å²) in [5.41, 5.74) is 1.17. The number of hydrogen-bond acceptors (Lipinski definition) is 7. The van der Waals surface area contributed by atoms with Crippen molar-refractivity contribution in [2.75, 3.05) is 12.4 Å². The zero-order valence-electron chi connectivity index (χ0n) is 14.9. The number of aliphatic carboxylic acids is 1. The average molecular weight is 394 g/mol. The number of rotatable bonds is 5. The number of aryl methyl sites for hydroxylation is 1. The number of nitrogens with one attached hydrogen (secondary N) is 1. The Kier molecular flexibility index (Phi) is 4.96. The molecule has 10 nitrogen and oxygen atoms in total. The Morgan fingerprint density at radius 2 is 2.15 bits per heavy atom. The topological polar surface area (TPSA) is 131 Å². The Morgan fingerprint density at radius 1 is 1.44 bits per heavy atom. The minimum Gasteiger partial charge on any atom is -0.477 e. The second kappa shape index (κ2) is 7.06. The van der Waals surface area contributed by atoms with Crippen molar-refractivity contribution in [1.82, 2.24) is 20.0 Å². The number of aromatic nitrogens is 2. The lowest BCUT2D eigenvalue weighted by atomic mass is 10.0. The van der Waals surface area contributed by atoms with Crippen LogP contribution in [0.1, 0.15) is 23.0 Å². The lowest BCUT2D eigenvalue weighted by molar-refractivity contribution is -0.149. The molecule has 0 bridgehead atoms. The molecular formula is C16H18N4O6S. The van der Waals surface area contributed by atoms with Gasteiger partial charge < -0.3 is 15.2 Å². The van der Waals surface area contributed by atoms with E-state index in [-0.39, 0.29) is 18.1 Å². The van der Waals surface area contributed by atoms with E-state index in [2.05, 4.69) is 10.4 Å². The van der Waals surface area contributed by atoms with Gasteiger partial charge in [-0.3, -0.25) is 24.0 Å². The Morgan fingerprint density at radius 3 is 2.70 bits per heavy atom. The molecule has 2 aliphatic heterocycles. The molecule has 27 heavy (non-hydrogen) atoms. The van der Waals surface area contributed by atoms with Crippen LogP contribution in [-0.4, -0.2) is 67.3 Å². The number of fused-ring (bicyclic) bond motifs is 1. The monoisotopic (exact) mass is 394 g/mol. The summed E-state index contributed by atoms with van der Waals surface area (Å²) in [6.07, 6.45) is 1.42. The van der Waals surface area contributed by atoms with Crippen molar-refractivity contribution in [3.8, 4) is 0 Å². The first-order valence-electron chi connectivity index (χ1n) is 8.05. The molecule has 3 rings (SSSR count). The maximum atomic E-state index is 12.5. The minimum absolute atomic E-state index is 0.187. The van der Waals surface area contributed by atoms with Crippen LogP contribution in [-0.2, 0) is 26.2 Å². The van der Waals surface area contributed by atoms with Gasteiger partial charge in [-0.25, -0.2) is 4.79 Å². The van der Waals surface area contributed by atoms with Gasteiger partial charge in [-0.1, -0.05) is 0 Å². The number of hydrogen-bond donors (Lipinski definition) is 2. The lowest BCUT2D eigenvalue weighted by Gasteiger charge is -2.49. The van der Waals surface area contributed by atoms with Crippen molar-refractivity contribution >= 4 is 35.5 Å². The molecule has 0 aromatic carbocycles.